The second-order valence-electron chi connectivity index (χ2n) is 7.67. The number of aliphatic hydroxyl groups is 1. The number of rotatable bonds is 8. The van der Waals surface area contributed by atoms with E-state index in [9.17, 15) is 27.9 Å². The van der Waals surface area contributed by atoms with E-state index < -0.39 is 36.4 Å². The minimum absolute atomic E-state index is 0.0292. The average molecular weight is 464 g/mol. The van der Waals surface area contributed by atoms with Crippen LogP contribution in [0.25, 0.3) is 6.08 Å². The zero-order valence-corrected chi connectivity index (χ0v) is 17.8. The fourth-order valence-electron chi connectivity index (χ4n) is 3.54. The molecule has 33 heavy (non-hydrogen) atoms. The van der Waals surface area contributed by atoms with Crippen LogP contribution in [-0.2, 0) is 19.1 Å². The highest BCUT2D eigenvalue weighted by molar-refractivity contribution is 5.96. The van der Waals surface area contributed by atoms with Gasteiger partial charge in [-0.05, 0) is 35.8 Å². The van der Waals surface area contributed by atoms with Crippen molar-refractivity contribution in [3.8, 4) is 5.75 Å². The lowest BCUT2D eigenvalue weighted by Gasteiger charge is -2.25. The predicted octanol–water partition coefficient (Wildman–Crippen LogP) is 4.38. The molecule has 0 saturated carbocycles. The molecule has 0 amide bonds. The summed E-state index contributed by atoms with van der Waals surface area (Å²) in [4.78, 5) is 25.0. The molecular weight excluding hydrogens is 441 g/mol. The number of carbonyl (C=O) groups excluding carboxylic acids is 2. The monoisotopic (exact) mass is 464 g/mol. The Hall–Kier alpha value is -3.33. The van der Waals surface area contributed by atoms with E-state index in [2.05, 4.69) is 4.74 Å². The van der Waals surface area contributed by atoms with Gasteiger partial charge in [-0.25, -0.2) is 4.79 Å². The van der Waals surface area contributed by atoms with E-state index in [-0.39, 0.29) is 24.4 Å². The van der Waals surface area contributed by atoms with Crippen molar-refractivity contribution in [2.75, 3.05) is 13.2 Å². The molecule has 9 heteroatoms. The minimum atomic E-state index is -4.80. The molecule has 176 valence electrons. The molecule has 2 unspecified atom stereocenters. The molecule has 2 atom stereocenters. The number of esters is 2. The molecule has 3 rings (SSSR count). The molecule has 1 aliphatic rings. The van der Waals surface area contributed by atoms with Crippen molar-refractivity contribution in [1.82, 2.24) is 0 Å². The Morgan fingerprint density at radius 3 is 2.42 bits per heavy atom. The Bertz CT molecular complexity index is 1000. The van der Waals surface area contributed by atoms with E-state index in [0.29, 0.717) is 12.0 Å². The molecule has 1 aliphatic heterocycles. The second kappa shape index (κ2) is 10.1. The van der Waals surface area contributed by atoms with Crippen molar-refractivity contribution >= 4 is 18.0 Å². The van der Waals surface area contributed by atoms with Crippen LogP contribution < -0.4 is 4.74 Å². The number of alkyl halides is 3. The summed E-state index contributed by atoms with van der Waals surface area (Å²) in [6, 6.07) is 14.1. The largest absolute Gasteiger partial charge is 0.573 e. The highest BCUT2D eigenvalue weighted by Gasteiger charge is 2.45. The van der Waals surface area contributed by atoms with E-state index in [0.717, 1.165) is 17.7 Å². The van der Waals surface area contributed by atoms with Gasteiger partial charge in [-0.2, -0.15) is 0 Å². The highest BCUT2D eigenvalue weighted by atomic mass is 19.4. The second-order valence-corrected chi connectivity index (χ2v) is 7.67. The van der Waals surface area contributed by atoms with Gasteiger partial charge in [-0.15, -0.1) is 13.2 Å². The van der Waals surface area contributed by atoms with Crippen LogP contribution in [0.1, 0.15) is 36.8 Å². The first-order chi connectivity index (χ1) is 15.6. The maximum Gasteiger partial charge on any atom is 0.573 e. The smallest absolute Gasteiger partial charge is 0.461 e. The van der Waals surface area contributed by atoms with Crippen LogP contribution >= 0.6 is 0 Å². The Balaban J connectivity index is 1.67. The van der Waals surface area contributed by atoms with Crippen LogP contribution in [0.15, 0.2) is 60.2 Å². The number of halogens is 3. The first-order valence-corrected chi connectivity index (χ1v) is 10.3. The van der Waals surface area contributed by atoms with Crippen molar-refractivity contribution in [2.45, 2.75) is 37.6 Å². The third-order valence-corrected chi connectivity index (χ3v) is 5.20. The van der Waals surface area contributed by atoms with Crippen LogP contribution in [0, 0.1) is 0 Å². The molecule has 0 spiro atoms. The number of hydrogen-bond acceptors (Lipinski definition) is 6. The summed E-state index contributed by atoms with van der Waals surface area (Å²) in [5.41, 5.74) is 0.00871. The van der Waals surface area contributed by atoms with Gasteiger partial charge in [0.1, 0.15) is 12.4 Å². The summed E-state index contributed by atoms with van der Waals surface area (Å²) >= 11 is 0. The van der Waals surface area contributed by atoms with Crippen LogP contribution in [0.5, 0.6) is 5.75 Å². The molecule has 1 saturated heterocycles. The summed E-state index contributed by atoms with van der Waals surface area (Å²) in [7, 11) is 0. The molecular formula is C24H23F3O6. The molecule has 6 nitrogen and oxygen atoms in total. The van der Waals surface area contributed by atoms with Gasteiger partial charge in [0.15, 0.2) is 5.60 Å². The van der Waals surface area contributed by atoms with Gasteiger partial charge >= 0.3 is 18.3 Å². The van der Waals surface area contributed by atoms with Gasteiger partial charge in [-0.3, -0.25) is 4.79 Å². The molecule has 1 heterocycles. The predicted molar refractivity (Wildman–Crippen MR) is 112 cm³/mol. The fraction of sp³-hybridized carbons (Fsp3) is 0.333. The maximum absolute atomic E-state index is 12.6. The van der Waals surface area contributed by atoms with Crippen molar-refractivity contribution in [1.29, 1.82) is 0 Å². The molecule has 0 aromatic heterocycles. The SMILES string of the molecule is CCC(C(=O)OCC1(CO)C/C(=C/c2ccc(OC(F)(F)F)cc2)C(=O)O1)c1ccccc1. The van der Waals surface area contributed by atoms with Crippen LogP contribution in [0.4, 0.5) is 13.2 Å². The van der Waals surface area contributed by atoms with E-state index in [1.807, 2.05) is 37.3 Å². The molecule has 0 radical (unpaired) electrons. The van der Waals surface area contributed by atoms with Gasteiger partial charge in [0.05, 0.1) is 12.5 Å². The lowest BCUT2D eigenvalue weighted by molar-refractivity contribution is -0.274. The molecule has 1 N–H and O–H groups in total. The van der Waals surface area contributed by atoms with E-state index in [1.165, 1.54) is 18.2 Å². The third-order valence-electron chi connectivity index (χ3n) is 5.20. The van der Waals surface area contributed by atoms with Gasteiger partial charge in [0, 0.05) is 12.0 Å². The number of hydrogen-bond donors (Lipinski definition) is 1. The summed E-state index contributed by atoms with van der Waals surface area (Å²) in [6.45, 7) is 0.957. The summed E-state index contributed by atoms with van der Waals surface area (Å²) in [5.74, 6) is -2.08. The van der Waals surface area contributed by atoms with Crippen molar-refractivity contribution in [3.05, 3.63) is 71.3 Å². The number of benzene rings is 2. The van der Waals surface area contributed by atoms with E-state index in [4.69, 9.17) is 9.47 Å². The van der Waals surface area contributed by atoms with Crippen molar-refractivity contribution < 1.29 is 42.1 Å². The van der Waals surface area contributed by atoms with Gasteiger partial charge in [0.2, 0.25) is 0 Å². The Morgan fingerprint density at radius 1 is 1.18 bits per heavy atom. The number of aliphatic hydroxyl groups excluding tert-OH is 1. The lowest BCUT2D eigenvalue weighted by atomic mass is 9.96. The van der Waals surface area contributed by atoms with Gasteiger partial charge in [0.25, 0.3) is 0 Å². The van der Waals surface area contributed by atoms with Crippen molar-refractivity contribution in [2.24, 2.45) is 0 Å². The highest BCUT2D eigenvalue weighted by Crippen LogP contribution is 2.33. The Labute approximate surface area is 188 Å². The first-order valence-electron chi connectivity index (χ1n) is 10.3. The standard InChI is InChI=1S/C24H23F3O6/c1-2-20(17-6-4-3-5-7-17)22(30)31-15-23(14-28)13-18(21(29)33-23)12-16-8-10-19(11-9-16)32-24(25,26)27/h3-12,20,28H,2,13-15H2,1H3/b18-12-. The van der Waals surface area contributed by atoms with Gasteiger partial charge in [-0.1, -0.05) is 49.4 Å². The van der Waals surface area contributed by atoms with E-state index >= 15 is 0 Å². The summed E-state index contributed by atoms with van der Waals surface area (Å²) < 4.78 is 51.4. The number of ether oxygens (including phenoxy) is 3. The van der Waals surface area contributed by atoms with Crippen LogP contribution in [0.2, 0.25) is 0 Å². The Kier molecular flexibility index (Phi) is 7.43. The molecule has 2 aromatic rings. The zero-order chi connectivity index (χ0) is 24.1. The van der Waals surface area contributed by atoms with Crippen LogP contribution in [-0.4, -0.2) is 42.2 Å². The zero-order valence-electron chi connectivity index (χ0n) is 17.8. The molecule has 0 aliphatic carbocycles. The fourth-order valence-corrected chi connectivity index (χ4v) is 3.54. The topological polar surface area (TPSA) is 82.1 Å². The molecule has 1 fully saturated rings. The van der Waals surface area contributed by atoms with Gasteiger partial charge < -0.3 is 19.3 Å². The summed E-state index contributed by atoms with van der Waals surface area (Å²) in [5, 5.41) is 9.87. The molecule has 2 aromatic carbocycles. The maximum atomic E-state index is 12.6. The molecule has 0 bridgehead atoms. The summed E-state index contributed by atoms with van der Waals surface area (Å²) in [6.07, 6.45) is -2.88. The van der Waals surface area contributed by atoms with Crippen molar-refractivity contribution in [3.63, 3.8) is 0 Å². The lowest BCUT2D eigenvalue weighted by Crippen LogP contribution is -2.39. The third kappa shape index (κ3) is 6.35. The normalized spacial score (nSPS) is 20.4. The Morgan fingerprint density at radius 2 is 1.85 bits per heavy atom. The average Bonchev–Trinajstić information content (AvgIpc) is 3.10. The van der Waals surface area contributed by atoms with E-state index in [1.54, 1.807) is 0 Å². The first kappa shape index (κ1) is 24.3. The minimum Gasteiger partial charge on any atom is -0.461 e. The quantitative estimate of drug-likeness (QED) is 0.461. The number of cyclic esters (lactones) is 1. The van der Waals surface area contributed by atoms with Crippen LogP contribution in [0.3, 0.4) is 0 Å². The number of carbonyl (C=O) groups is 2.